The first-order valence-electron chi connectivity index (χ1n) is 7.85. The summed E-state index contributed by atoms with van der Waals surface area (Å²) in [5.74, 6) is 0.386. The van der Waals surface area contributed by atoms with Crippen LogP contribution in [-0.4, -0.2) is 24.3 Å². The Bertz CT molecular complexity index is 929. The normalized spacial score (nSPS) is 11.8. The highest BCUT2D eigenvalue weighted by atomic mass is 32.2. The van der Waals surface area contributed by atoms with Crippen molar-refractivity contribution in [3.8, 4) is 0 Å². The molecule has 0 aliphatic carbocycles. The lowest BCUT2D eigenvalue weighted by molar-refractivity contribution is -0.111. The summed E-state index contributed by atoms with van der Waals surface area (Å²) in [6.07, 6.45) is 6.53. The van der Waals surface area contributed by atoms with Crippen molar-refractivity contribution in [1.82, 2.24) is 9.97 Å². The van der Waals surface area contributed by atoms with E-state index in [1.165, 1.54) is 30.3 Å². The van der Waals surface area contributed by atoms with Gasteiger partial charge in [-0.25, -0.2) is 18.4 Å². The zero-order valence-electron chi connectivity index (χ0n) is 14.7. The van der Waals surface area contributed by atoms with Gasteiger partial charge in [-0.1, -0.05) is 18.2 Å². The van der Waals surface area contributed by atoms with Crippen LogP contribution in [0, 0.1) is 13.8 Å². The molecule has 0 unspecified atom stereocenters. The Kier molecular flexibility index (Phi) is 6.24. The fourth-order valence-electron chi connectivity index (χ4n) is 2.12. The maximum atomic E-state index is 12.5. The third-order valence-corrected chi connectivity index (χ3v) is 4.56. The Morgan fingerprint density at radius 3 is 2.38 bits per heavy atom. The number of hydrogen-bond acceptors (Lipinski definition) is 5. The number of nitrogens with one attached hydrogen (secondary N) is 2. The van der Waals surface area contributed by atoms with Crippen LogP contribution in [0.3, 0.4) is 0 Å². The Morgan fingerprint density at radius 1 is 1.08 bits per heavy atom. The minimum Gasteiger partial charge on any atom is -0.323 e. The standard InChI is InChI=1S/C18H20N4O3S/c1-4-5-6-7-18(23)21-15-8-10-16(11-9-15)26(24,25)22-17-12-13(2)19-14(3)20-17/h4-12H,1-3H3,(H,21,23)(H,19,20,22)/b5-4+,7-6+. The van der Waals surface area contributed by atoms with Crippen LogP contribution in [0.4, 0.5) is 11.5 Å². The summed E-state index contributed by atoms with van der Waals surface area (Å²) in [6, 6.07) is 7.41. The molecule has 136 valence electrons. The Labute approximate surface area is 152 Å². The summed E-state index contributed by atoms with van der Waals surface area (Å²) < 4.78 is 27.3. The first-order chi connectivity index (χ1) is 12.3. The van der Waals surface area contributed by atoms with E-state index in [1.807, 2.05) is 6.92 Å². The molecule has 0 aliphatic heterocycles. The molecule has 2 N–H and O–H groups in total. The summed E-state index contributed by atoms with van der Waals surface area (Å²) in [4.78, 5) is 19.9. The number of aryl methyl sites for hydroxylation is 2. The van der Waals surface area contributed by atoms with Crippen LogP contribution < -0.4 is 10.0 Å². The molecule has 1 aromatic carbocycles. The molecular formula is C18H20N4O3S. The van der Waals surface area contributed by atoms with Crippen LogP contribution in [0.25, 0.3) is 0 Å². The average molecular weight is 372 g/mol. The molecule has 0 atom stereocenters. The molecule has 1 heterocycles. The Morgan fingerprint density at radius 2 is 1.77 bits per heavy atom. The molecule has 7 nitrogen and oxygen atoms in total. The third kappa shape index (κ3) is 5.52. The SMILES string of the molecule is C/C=C/C=C/C(=O)Nc1ccc(S(=O)(=O)Nc2cc(C)nc(C)n2)cc1. The number of anilines is 2. The van der Waals surface area contributed by atoms with Crippen LogP contribution >= 0.6 is 0 Å². The molecule has 2 rings (SSSR count). The van der Waals surface area contributed by atoms with Gasteiger partial charge < -0.3 is 5.32 Å². The zero-order chi connectivity index (χ0) is 19.2. The number of nitrogens with zero attached hydrogens (tertiary/aromatic N) is 2. The van der Waals surface area contributed by atoms with E-state index >= 15 is 0 Å². The van der Waals surface area contributed by atoms with Gasteiger partial charge in [0.25, 0.3) is 10.0 Å². The third-order valence-electron chi connectivity index (χ3n) is 3.19. The fraction of sp³-hybridized carbons (Fsp3) is 0.167. The predicted octanol–water partition coefficient (Wildman–Crippen LogP) is 2.97. The van der Waals surface area contributed by atoms with E-state index in [0.717, 1.165) is 0 Å². The van der Waals surface area contributed by atoms with Gasteiger partial charge in [-0.15, -0.1) is 0 Å². The van der Waals surface area contributed by atoms with Crippen molar-refractivity contribution in [2.75, 3.05) is 10.0 Å². The van der Waals surface area contributed by atoms with Gasteiger partial charge in [0, 0.05) is 23.5 Å². The molecule has 0 bridgehead atoms. The number of sulfonamides is 1. The maximum Gasteiger partial charge on any atom is 0.263 e. The fourth-order valence-corrected chi connectivity index (χ4v) is 3.11. The van der Waals surface area contributed by atoms with Crippen molar-refractivity contribution in [2.45, 2.75) is 25.7 Å². The number of rotatable bonds is 6. The lowest BCUT2D eigenvalue weighted by Gasteiger charge is -2.09. The predicted molar refractivity (Wildman–Crippen MR) is 101 cm³/mol. The number of carbonyl (C=O) groups excluding carboxylic acids is 1. The molecule has 0 saturated carbocycles. The van der Waals surface area contributed by atoms with Crippen molar-refractivity contribution in [2.24, 2.45) is 0 Å². The van der Waals surface area contributed by atoms with E-state index in [2.05, 4.69) is 20.0 Å². The highest BCUT2D eigenvalue weighted by Gasteiger charge is 2.15. The first kappa shape index (κ1) is 19.3. The zero-order valence-corrected chi connectivity index (χ0v) is 15.5. The second kappa shape index (κ2) is 8.39. The number of benzene rings is 1. The minimum atomic E-state index is -3.79. The minimum absolute atomic E-state index is 0.0638. The molecule has 0 spiro atoms. The summed E-state index contributed by atoms with van der Waals surface area (Å²) in [7, 11) is -3.79. The molecular weight excluding hydrogens is 352 g/mol. The van der Waals surface area contributed by atoms with Crippen LogP contribution in [-0.2, 0) is 14.8 Å². The molecule has 1 aromatic heterocycles. The van der Waals surface area contributed by atoms with Crippen LogP contribution in [0.15, 0.2) is 59.5 Å². The van der Waals surface area contributed by atoms with E-state index in [-0.39, 0.29) is 16.6 Å². The Hall–Kier alpha value is -3.00. The van der Waals surface area contributed by atoms with Crippen LogP contribution in [0.2, 0.25) is 0 Å². The van der Waals surface area contributed by atoms with Gasteiger partial charge in [-0.3, -0.25) is 9.52 Å². The number of carbonyl (C=O) groups is 1. The first-order valence-corrected chi connectivity index (χ1v) is 9.34. The number of aromatic nitrogens is 2. The van der Waals surface area contributed by atoms with Gasteiger partial charge >= 0.3 is 0 Å². The highest BCUT2D eigenvalue weighted by Crippen LogP contribution is 2.17. The number of allylic oxidation sites excluding steroid dienone is 3. The van der Waals surface area contributed by atoms with Crippen molar-refractivity contribution in [3.63, 3.8) is 0 Å². The van der Waals surface area contributed by atoms with Gasteiger partial charge in [-0.2, -0.15) is 0 Å². The molecule has 8 heteroatoms. The molecule has 0 fully saturated rings. The van der Waals surface area contributed by atoms with E-state index in [9.17, 15) is 13.2 Å². The van der Waals surface area contributed by atoms with Crippen molar-refractivity contribution < 1.29 is 13.2 Å². The van der Waals surface area contributed by atoms with E-state index in [1.54, 1.807) is 38.1 Å². The van der Waals surface area contributed by atoms with E-state index < -0.39 is 10.0 Å². The molecule has 2 aromatic rings. The van der Waals surface area contributed by atoms with Crippen molar-refractivity contribution in [3.05, 3.63) is 66.2 Å². The molecule has 26 heavy (non-hydrogen) atoms. The topological polar surface area (TPSA) is 101 Å². The molecule has 1 amide bonds. The van der Waals surface area contributed by atoms with Gasteiger partial charge in [0.15, 0.2) is 0 Å². The summed E-state index contributed by atoms with van der Waals surface area (Å²) in [6.45, 7) is 5.29. The van der Waals surface area contributed by atoms with Gasteiger partial charge in [0.2, 0.25) is 5.91 Å². The maximum absolute atomic E-state index is 12.5. The summed E-state index contributed by atoms with van der Waals surface area (Å²) >= 11 is 0. The average Bonchev–Trinajstić information content (AvgIpc) is 2.54. The van der Waals surface area contributed by atoms with Crippen LogP contribution in [0.1, 0.15) is 18.4 Å². The molecule has 0 radical (unpaired) electrons. The second-order valence-corrected chi connectivity index (χ2v) is 7.13. The summed E-state index contributed by atoms with van der Waals surface area (Å²) in [5.41, 5.74) is 1.16. The lowest BCUT2D eigenvalue weighted by Crippen LogP contribution is -2.15. The van der Waals surface area contributed by atoms with Gasteiger partial charge in [-0.05, 0) is 45.0 Å². The van der Waals surface area contributed by atoms with Crippen LogP contribution in [0.5, 0.6) is 0 Å². The number of hydrogen-bond donors (Lipinski definition) is 2. The lowest BCUT2D eigenvalue weighted by atomic mass is 10.3. The molecule has 0 saturated heterocycles. The van der Waals surface area contributed by atoms with E-state index in [4.69, 9.17) is 0 Å². The smallest absolute Gasteiger partial charge is 0.263 e. The monoisotopic (exact) mass is 372 g/mol. The van der Waals surface area contributed by atoms with Gasteiger partial charge in [0.1, 0.15) is 11.6 Å². The highest BCUT2D eigenvalue weighted by molar-refractivity contribution is 7.92. The van der Waals surface area contributed by atoms with Crippen molar-refractivity contribution >= 4 is 27.4 Å². The van der Waals surface area contributed by atoms with E-state index in [0.29, 0.717) is 17.2 Å². The van der Waals surface area contributed by atoms with Crippen molar-refractivity contribution in [1.29, 1.82) is 0 Å². The number of amides is 1. The second-order valence-electron chi connectivity index (χ2n) is 5.45. The summed E-state index contributed by atoms with van der Waals surface area (Å²) in [5, 5.41) is 2.65. The quantitative estimate of drug-likeness (QED) is 0.600. The Balaban J connectivity index is 2.12. The largest absolute Gasteiger partial charge is 0.323 e. The van der Waals surface area contributed by atoms with Gasteiger partial charge in [0.05, 0.1) is 4.90 Å². The molecule has 0 aliphatic rings.